The lowest BCUT2D eigenvalue weighted by Gasteiger charge is -2.33. The van der Waals surface area contributed by atoms with Gasteiger partial charge in [0.25, 0.3) is 0 Å². The van der Waals surface area contributed by atoms with Crippen molar-refractivity contribution in [2.45, 2.75) is 97.5 Å². The van der Waals surface area contributed by atoms with Gasteiger partial charge in [0, 0.05) is 18.5 Å². The topological polar surface area (TPSA) is 108 Å². The molecule has 1 aliphatic rings. The monoisotopic (exact) mass is 622 g/mol. The first-order valence-electron chi connectivity index (χ1n) is 13.7. The molecule has 1 unspecified atom stereocenters. The summed E-state index contributed by atoms with van der Waals surface area (Å²) in [6.07, 6.45) is 1.76. The molecule has 0 bridgehead atoms. The van der Waals surface area contributed by atoms with Gasteiger partial charge < -0.3 is 22.8 Å². The number of hydrogen-bond acceptors (Lipinski definition) is 8. The number of aryl methyl sites for hydroxylation is 1. The van der Waals surface area contributed by atoms with Gasteiger partial charge in [0.05, 0.1) is 17.4 Å². The van der Waals surface area contributed by atoms with E-state index in [0.29, 0.717) is 36.5 Å². The van der Waals surface area contributed by atoms with Crippen LogP contribution in [0.25, 0.3) is 11.0 Å². The average molecular weight is 623 g/mol. The van der Waals surface area contributed by atoms with Crippen molar-refractivity contribution in [3.63, 3.8) is 0 Å². The van der Waals surface area contributed by atoms with Crippen LogP contribution >= 0.6 is 0 Å². The van der Waals surface area contributed by atoms with Gasteiger partial charge >= 0.3 is 21.7 Å². The molecule has 1 saturated heterocycles. The standard InChI is InChI=1S/C27H41F3N2O7SSi/c1-25(2,3)23(39-41(7)8)21-20(38-40(34,35)27(28,29)30)12-10-18-19(31-37-22(18)21)11-9-17-13-15-32(16-14-17)24(33)36-26(4,5)6/h10,12,17,23,41H,9,11,13-16H2,1-8H3. The number of nitrogens with zero attached hydrogens (tertiary/aromatic N) is 2. The minimum Gasteiger partial charge on any atom is -0.444 e. The zero-order valence-electron chi connectivity index (χ0n) is 24.9. The fourth-order valence-corrected chi connectivity index (χ4v) is 6.34. The maximum atomic E-state index is 13.2. The molecule has 41 heavy (non-hydrogen) atoms. The fraction of sp³-hybridized carbons (Fsp3) is 0.704. The molecule has 1 aromatic carbocycles. The average Bonchev–Trinajstić information content (AvgIpc) is 3.22. The van der Waals surface area contributed by atoms with Gasteiger partial charge in [-0.3, -0.25) is 0 Å². The molecule has 2 heterocycles. The summed E-state index contributed by atoms with van der Waals surface area (Å²) in [6, 6.07) is 2.69. The Morgan fingerprint density at radius 3 is 2.24 bits per heavy atom. The predicted octanol–water partition coefficient (Wildman–Crippen LogP) is 6.72. The van der Waals surface area contributed by atoms with Gasteiger partial charge in [-0.05, 0) is 83.0 Å². The molecule has 0 radical (unpaired) electrons. The Morgan fingerprint density at radius 1 is 1.12 bits per heavy atom. The lowest BCUT2D eigenvalue weighted by molar-refractivity contribution is -0.0501. The third kappa shape index (κ3) is 8.37. The molecule has 1 aromatic heterocycles. The highest BCUT2D eigenvalue weighted by molar-refractivity contribution is 7.88. The minimum atomic E-state index is -5.93. The van der Waals surface area contributed by atoms with Gasteiger partial charge in [0.15, 0.2) is 20.4 Å². The lowest BCUT2D eigenvalue weighted by Crippen LogP contribution is -2.41. The molecule has 1 atom stereocenters. The van der Waals surface area contributed by atoms with E-state index in [-0.39, 0.29) is 17.2 Å². The van der Waals surface area contributed by atoms with Gasteiger partial charge in [-0.1, -0.05) is 25.9 Å². The number of amides is 1. The van der Waals surface area contributed by atoms with Gasteiger partial charge in [-0.25, -0.2) is 4.79 Å². The normalized spacial score (nSPS) is 16.8. The first-order valence-corrected chi connectivity index (χ1v) is 17.9. The van der Waals surface area contributed by atoms with Crippen LogP contribution in [0.1, 0.15) is 78.2 Å². The third-order valence-corrected chi connectivity index (χ3v) is 8.49. The summed E-state index contributed by atoms with van der Waals surface area (Å²) in [6.45, 7) is 16.0. The van der Waals surface area contributed by atoms with Crippen LogP contribution in [0.5, 0.6) is 5.75 Å². The van der Waals surface area contributed by atoms with Crippen molar-refractivity contribution < 1.29 is 44.3 Å². The van der Waals surface area contributed by atoms with E-state index in [1.807, 2.05) is 54.6 Å². The van der Waals surface area contributed by atoms with Crippen molar-refractivity contribution in [1.29, 1.82) is 0 Å². The second-order valence-electron chi connectivity index (χ2n) is 12.8. The van der Waals surface area contributed by atoms with Crippen LogP contribution in [0.15, 0.2) is 16.7 Å². The molecule has 1 amide bonds. The highest BCUT2D eigenvalue weighted by Gasteiger charge is 2.49. The Hall–Kier alpha value is -2.32. The van der Waals surface area contributed by atoms with E-state index < -0.39 is 47.5 Å². The molecule has 0 N–H and O–H groups in total. The van der Waals surface area contributed by atoms with E-state index in [2.05, 4.69) is 9.34 Å². The Balaban J connectivity index is 1.88. The van der Waals surface area contributed by atoms with Crippen molar-refractivity contribution in [1.82, 2.24) is 10.1 Å². The molecule has 9 nitrogen and oxygen atoms in total. The minimum absolute atomic E-state index is 0.0912. The first-order chi connectivity index (χ1) is 18.7. The van der Waals surface area contributed by atoms with Crippen LogP contribution in [0.3, 0.4) is 0 Å². The van der Waals surface area contributed by atoms with Crippen molar-refractivity contribution in [3.8, 4) is 5.75 Å². The van der Waals surface area contributed by atoms with Crippen molar-refractivity contribution >= 4 is 36.2 Å². The molecular weight excluding hydrogens is 581 g/mol. The predicted molar refractivity (Wildman–Crippen MR) is 151 cm³/mol. The van der Waals surface area contributed by atoms with Crippen LogP contribution in [0.2, 0.25) is 13.1 Å². The zero-order valence-corrected chi connectivity index (χ0v) is 26.9. The fourth-order valence-electron chi connectivity index (χ4n) is 4.77. The van der Waals surface area contributed by atoms with E-state index in [1.165, 1.54) is 12.1 Å². The van der Waals surface area contributed by atoms with E-state index >= 15 is 0 Å². The maximum absolute atomic E-state index is 13.2. The highest BCUT2D eigenvalue weighted by Crippen LogP contribution is 2.46. The van der Waals surface area contributed by atoms with Crippen molar-refractivity contribution in [3.05, 3.63) is 23.4 Å². The Bertz CT molecular complexity index is 1320. The smallest absolute Gasteiger partial charge is 0.444 e. The van der Waals surface area contributed by atoms with Gasteiger partial charge in [-0.15, -0.1) is 0 Å². The molecule has 0 aliphatic carbocycles. The number of piperidine rings is 1. The van der Waals surface area contributed by atoms with Crippen LogP contribution in [-0.2, 0) is 25.7 Å². The molecule has 2 aromatic rings. The van der Waals surface area contributed by atoms with Crippen LogP contribution in [0, 0.1) is 11.3 Å². The number of halogens is 3. The van der Waals surface area contributed by atoms with Gasteiger partial charge in [0.1, 0.15) is 5.60 Å². The van der Waals surface area contributed by atoms with Crippen LogP contribution in [0.4, 0.5) is 18.0 Å². The summed E-state index contributed by atoms with van der Waals surface area (Å²) in [5.74, 6) is -0.168. The summed E-state index contributed by atoms with van der Waals surface area (Å²) >= 11 is 0. The molecule has 3 rings (SSSR count). The Kier molecular flexibility index (Phi) is 9.81. The second kappa shape index (κ2) is 12.1. The first kappa shape index (κ1) is 33.2. The summed E-state index contributed by atoms with van der Waals surface area (Å²) in [4.78, 5) is 14.1. The van der Waals surface area contributed by atoms with Crippen LogP contribution in [-0.4, -0.2) is 57.8 Å². The van der Waals surface area contributed by atoms with Gasteiger partial charge in [-0.2, -0.15) is 21.6 Å². The number of alkyl halides is 3. The van der Waals surface area contributed by atoms with E-state index in [1.54, 1.807) is 4.90 Å². The quantitative estimate of drug-likeness (QED) is 0.181. The largest absolute Gasteiger partial charge is 0.534 e. The van der Waals surface area contributed by atoms with Crippen LogP contribution < -0.4 is 4.18 Å². The molecule has 1 aliphatic heterocycles. The number of rotatable bonds is 8. The van der Waals surface area contributed by atoms with Crippen molar-refractivity contribution in [2.75, 3.05) is 13.1 Å². The SMILES string of the molecule is C[SiH](C)OC(c1c(OS(=O)(=O)C(F)(F)F)ccc2c(CCC3CCN(C(=O)OC(C)(C)C)CC3)noc12)C(C)(C)C. The summed E-state index contributed by atoms with van der Waals surface area (Å²) in [5, 5.41) is 4.78. The Labute approximate surface area is 241 Å². The third-order valence-electron chi connectivity index (χ3n) is 6.71. The van der Waals surface area contributed by atoms with E-state index in [4.69, 9.17) is 13.7 Å². The molecule has 0 saturated carbocycles. The molecule has 232 valence electrons. The molecule has 0 spiro atoms. The zero-order chi connectivity index (χ0) is 31.0. The number of likely N-dealkylation sites (tertiary alicyclic amines) is 1. The van der Waals surface area contributed by atoms with E-state index in [0.717, 1.165) is 19.3 Å². The highest BCUT2D eigenvalue weighted by atomic mass is 32.2. The Morgan fingerprint density at radius 2 is 1.73 bits per heavy atom. The maximum Gasteiger partial charge on any atom is 0.534 e. The second-order valence-corrected chi connectivity index (χ2v) is 16.8. The summed E-state index contributed by atoms with van der Waals surface area (Å²) in [5.41, 5.74) is -5.96. The molecule has 1 fully saturated rings. The number of carbonyl (C=O) groups is 1. The van der Waals surface area contributed by atoms with Gasteiger partial charge in [0.2, 0.25) is 0 Å². The number of hydrogen-bond donors (Lipinski definition) is 0. The summed E-state index contributed by atoms with van der Waals surface area (Å²) in [7, 11) is -7.69. The number of aromatic nitrogens is 1. The number of carbonyl (C=O) groups excluding carboxylic acids is 1. The van der Waals surface area contributed by atoms with E-state index in [9.17, 15) is 26.4 Å². The number of benzene rings is 1. The number of ether oxygens (including phenoxy) is 1. The molecular formula is C27H41F3N2O7SSi. The summed E-state index contributed by atoms with van der Waals surface area (Å²) < 4.78 is 85.6. The number of fused-ring (bicyclic) bond motifs is 1. The van der Waals surface area contributed by atoms with Crippen molar-refractivity contribution in [2.24, 2.45) is 11.3 Å². The lowest BCUT2D eigenvalue weighted by atomic mass is 9.83. The molecule has 14 heteroatoms.